The van der Waals surface area contributed by atoms with Gasteiger partial charge < -0.3 is 10.5 Å². The van der Waals surface area contributed by atoms with Crippen LogP contribution in [0.1, 0.15) is 16.7 Å². The standard InChI is InChI=1S/C16H16BrF2NO/c1-10-7-13(17)8-11(5-6-20)16(10)21-9-12-3-2-4-14(18)15(12)19/h2-4,7-8H,5-6,9,20H2,1H3. The number of benzene rings is 2. The van der Waals surface area contributed by atoms with Gasteiger partial charge in [0.2, 0.25) is 0 Å². The van der Waals surface area contributed by atoms with Gasteiger partial charge in [0, 0.05) is 10.0 Å². The highest BCUT2D eigenvalue weighted by atomic mass is 79.9. The Hall–Kier alpha value is -1.46. The highest BCUT2D eigenvalue weighted by Crippen LogP contribution is 2.29. The molecule has 0 atom stereocenters. The normalized spacial score (nSPS) is 10.7. The first kappa shape index (κ1) is 15.9. The molecule has 5 heteroatoms. The van der Waals surface area contributed by atoms with Gasteiger partial charge in [-0.1, -0.05) is 28.1 Å². The van der Waals surface area contributed by atoms with E-state index in [0.717, 1.165) is 21.7 Å². The first-order valence-electron chi connectivity index (χ1n) is 6.57. The predicted molar refractivity (Wildman–Crippen MR) is 82.3 cm³/mol. The Morgan fingerprint density at radius 2 is 1.95 bits per heavy atom. The van der Waals surface area contributed by atoms with Crippen LogP contribution in [0.5, 0.6) is 5.75 Å². The first-order valence-corrected chi connectivity index (χ1v) is 7.37. The predicted octanol–water partition coefficient (Wildman–Crippen LogP) is 4.12. The van der Waals surface area contributed by atoms with E-state index in [1.807, 2.05) is 19.1 Å². The summed E-state index contributed by atoms with van der Waals surface area (Å²) in [6.07, 6.45) is 0.654. The van der Waals surface area contributed by atoms with Gasteiger partial charge in [-0.25, -0.2) is 8.78 Å². The van der Waals surface area contributed by atoms with E-state index in [4.69, 9.17) is 10.5 Å². The van der Waals surface area contributed by atoms with E-state index in [2.05, 4.69) is 15.9 Å². The van der Waals surface area contributed by atoms with Crippen LogP contribution >= 0.6 is 15.9 Å². The summed E-state index contributed by atoms with van der Waals surface area (Å²) in [5.74, 6) is -1.06. The van der Waals surface area contributed by atoms with Crippen molar-refractivity contribution in [1.29, 1.82) is 0 Å². The lowest BCUT2D eigenvalue weighted by Gasteiger charge is -2.15. The zero-order valence-corrected chi connectivity index (χ0v) is 13.2. The summed E-state index contributed by atoms with van der Waals surface area (Å²) in [7, 11) is 0. The van der Waals surface area contributed by atoms with Crippen LogP contribution in [-0.4, -0.2) is 6.54 Å². The second-order valence-corrected chi connectivity index (χ2v) is 5.67. The quantitative estimate of drug-likeness (QED) is 0.875. The van der Waals surface area contributed by atoms with Gasteiger partial charge in [0.05, 0.1) is 0 Å². The van der Waals surface area contributed by atoms with Gasteiger partial charge in [0.15, 0.2) is 11.6 Å². The summed E-state index contributed by atoms with van der Waals surface area (Å²) >= 11 is 3.43. The van der Waals surface area contributed by atoms with Crippen molar-refractivity contribution in [3.63, 3.8) is 0 Å². The molecule has 2 nitrogen and oxygen atoms in total. The Bertz CT molecular complexity index is 646. The third-order valence-electron chi connectivity index (χ3n) is 3.13. The van der Waals surface area contributed by atoms with Crippen LogP contribution < -0.4 is 10.5 Å². The van der Waals surface area contributed by atoms with E-state index in [-0.39, 0.29) is 12.2 Å². The molecule has 0 radical (unpaired) electrons. The third kappa shape index (κ3) is 3.80. The highest BCUT2D eigenvalue weighted by Gasteiger charge is 2.12. The molecule has 0 aromatic heterocycles. The Balaban J connectivity index is 2.25. The average Bonchev–Trinajstić information content (AvgIpc) is 2.42. The molecule has 0 aliphatic rings. The van der Waals surface area contributed by atoms with Crippen LogP contribution in [0.25, 0.3) is 0 Å². The van der Waals surface area contributed by atoms with E-state index in [0.29, 0.717) is 18.7 Å². The topological polar surface area (TPSA) is 35.2 Å². The molecule has 2 aromatic carbocycles. The molecule has 2 N–H and O–H groups in total. The number of aryl methyl sites for hydroxylation is 1. The van der Waals surface area contributed by atoms with Crippen molar-refractivity contribution in [2.45, 2.75) is 20.0 Å². The number of halogens is 3. The molecule has 21 heavy (non-hydrogen) atoms. The largest absolute Gasteiger partial charge is 0.488 e. The van der Waals surface area contributed by atoms with E-state index >= 15 is 0 Å². The van der Waals surface area contributed by atoms with Gasteiger partial charge in [-0.2, -0.15) is 0 Å². The molecule has 0 saturated heterocycles. The van der Waals surface area contributed by atoms with Crippen LogP contribution in [0.15, 0.2) is 34.8 Å². The molecule has 2 aromatic rings. The summed E-state index contributed by atoms with van der Waals surface area (Å²) in [6, 6.07) is 7.90. The summed E-state index contributed by atoms with van der Waals surface area (Å²) < 4.78 is 33.5. The summed E-state index contributed by atoms with van der Waals surface area (Å²) in [4.78, 5) is 0. The molecule has 0 unspecified atom stereocenters. The van der Waals surface area contributed by atoms with Crippen molar-refractivity contribution in [3.8, 4) is 5.75 Å². The smallest absolute Gasteiger partial charge is 0.165 e. The van der Waals surface area contributed by atoms with Crippen molar-refractivity contribution in [2.75, 3.05) is 6.54 Å². The Morgan fingerprint density at radius 1 is 1.19 bits per heavy atom. The maximum atomic E-state index is 13.6. The lowest BCUT2D eigenvalue weighted by molar-refractivity contribution is 0.292. The summed E-state index contributed by atoms with van der Waals surface area (Å²) in [5.41, 5.74) is 7.66. The fourth-order valence-electron chi connectivity index (χ4n) is 2.16. The van der Waals surface area contributed by atoms with Crippen LogP contribution in [0.2, 0.25) is 0 Å². The van der Waals surface area contributed by atoms with E-state index in [1.165, 1.54) is 12.1 Å². The lowest BCUT2D eigenvalue weighted by atomic mass is 10.1. The minimum Gasteiger partial charge on any atom is -0.488 e. The number of hydrogen-bond donors (Lipinski definition) is 1. The summed E-state index contributed by atoms with van der Waals surface area (Å²) in [5, 5.41) is 0. The van der Waals surface area contributed by atoms with Crippen molar-refractivity contribution in [3.05, 3.63) is 63.1 Å². The van der Waals surface area contributed by atoms with E-state index in [9.17, 15) is 8.78 Å². The Kier molecular flexibility index (Phi) is 5.31. The zero-order valence-electron chi connectivity index (χ0n) is 11.6. The molecule has 0 amide bonds. The first-order chi connectivity index (χ1) is 10.0. The molecule has 0 spiro atoms. The Morgan fingerprint density at radius 3 is 2.67 bits per heavy atom. The summed E-state index contributed by atoms with van der Waals surface area (Å²) in [6.45, 7) is 2.37. The second kappa shape index (κ2) is 7.00. The van der Waals surface area contributed by atoms with E-state index < -0.39 is 11.6 Å². The maximum Gasteiger partial charge on any atom is 0.165 e. The fraction of sp³-hybridized carbons (Fsp3) is 0.250. The molecular formula is C16H16BrF2NO. The number of nitrogens with two attached hydrogens (primary N) is 1. The maximum absolute atomic E-state index is 13.6. The molecular weight excluding hydrogens is 340 g/mol. The SMILES string of the molecule is Cc1cc(Br)cc(CCN)c1OCc1cccc(F)c1F. The average molecular weight is 356 g/mol. The third-order valence-corrected chi connectivity index (χ3v) is 3.59. The zero-order chi connectivity index (χ0) is 15.4. The minimum absolute atomic E-state index is 0.0242. The van der Waals surface area contributed by atoms with Gasteiger partial charge in [0.25, 0.3) is 0 Å². The van der Waals surface area contributed by atoms with Gasteiger partial charge in [0.1, 0.15) is 12.4 Å². The van der Waals surface area contributed by atoms with Crippen LogP contribution in [0.4, 0.5) is 8.78 Å². The monoisotopic (exact) mass is 355 g/mol. The molecule has 112 valence electrons. The molecule has 0 saturated carbocycles. The van der Waals surface area contributed by atoms with Crippen molar-refractivity contribution < 1.29 is 13.5 Å². The number of rotatable bonds is 5. The molecule has 0 aliphatic heterocycles. The van der Waals surface area contributed by atoms with Crippen LogP contribution in [0, 0.1) is 18.6 Å². The van der Waals surface area contributed by atoms with Crippen molar-refractivity contribution >= 4 is 15.9 Å². The van der Waals surface area contributed by atoms with Gasteiger partial charge in [-0.05, 0) is 49.2 Å². The minimum atomic E-state index is -0.870. The van der Waals surface area contributed by atoms with Gasteiger partial charge in [-0.15, -0.1) is 0 Å². The molecule has 0 fully saturated rings. The lowest BCUT2D eigenvalue weighted by Crippen LogP contribution is -2.07. The fourth-order valence-corrected chi connectivity index (χ4v) is 2.78. The number of ether oxygens (including phenoxy) is 1. The molecule has 0 aliphatic carbocycles. The second-order valence-electron chi connectivity index (χ2n) is 4.75. The van der Waals surface area contributed by atoms with E-state index in [1.54, 1.807) is 0 Å². The van der Waals surface area contributed by atoms with Crippen molar-refractivity contribution in [1.82, 2.24) is 0 Å². The Labute approximate surface area is 131 Å². The van der Waals surface area contributed by atoms with Crippen LogP contribution in [0.3, 0.4) is 0 Å². The van der Waals surface area contributed by atoms with Gasteiger partial charge in [-0.3, -0.25) is 0 Å². The molecule has 0 heterocycles. The van der Waals surface area contributed by atoms with Gasteiger partial charge >= 0.3 is 0 Å². The van der Waals surface area contributed by atoms with Crippen LogP contribution in [-0.2, 0) is 13.0 Å². The molecule has 0 bridgehead atoms. The van der Waals surface area contributed by atoms with Crippen molar-refractivity contribution in [2.24, 2.45) is 5.73 Å². The number of hydrogen-bond acceptors (Lipinski definition) is 2. The molecule has 2 rings (SSSR count). The highest BCUT2D eigenvalue weighted by molar-refractivity contribution is 9.10.